The van der Waals surface area contributed by atoms with E-state index in [0.717, 1.165) is 5.76 Å². The van der Waals surface area contributed by atoms with Gasteiger partial charge in [-0.25, -0.2) is 9.78 Å². The van der Waals surface area contributed by atoms with Crippen LogP contribution < -0.4 is 0 Å². The van der Waals surface area contributed by atoms with Gasteiger partial charge in [-0.05, 0) is 36.8 Å². The average molecular weight is 388 g/mol. The lowest BCUT2D eigenvalue weighted by atomic mass is 10.1. The maximum atomic E-state index is 12.8. The number of pyridine rings is 1. The van der Waals surface area contributed by atoms with Gasteiger partial charge in [0.25, 0.3) is 5.69 Å². The van der Waals surface area contributed by atoms with Crippen molar-refractivity contribution in [1.82, 2.24) is 4.98 Å². The van der Waals surface area contributed by atoms with Gasteiger partial charge in [0.05, 0.1) is 16.0 Å². The van der Waals surface area contributed by atoms with Crippen LogP contribution >= 0.6 is 0 Å². The van der Waals surface area contributed by atoms with E-state index in [9.17, 15) is 14.9 Å². The fraction of sp³-hybridized carbons (Fsp3) is 0.0909. The summed E-state index contributed by atoms with van der Waals surface area (Å²) in [5, 5.41) is 11.6. The number of benzene rings is 2. The number of aryl methyl sites for hydroxylation is 1. The second kappa shape index (κ2) is 7.55. The third-order valence-corrected chi connectivity index (χ3v) is 4.42. The van der Waals surface area contributed by atoms with Crippen LogP contribution in [0.25, 0.3) is 22.4 Å². The summed E-state index contributed by atoms with van der Waals surface area (Å²) in [6.07, 6.45) is 0. The Kier molecular flexibility index (Phi) is 4.78. The van der Waals surface area contributed by atoms with Crippen molar-refractivity contribution in [2.24, 2.45) is 0 Å². The van der Waals surface area contributed by atoms with Gasteiger partial charge in [-0.3, -0.25) is 10.1 Å². The number of nitrogens with zero attached hydrogens (tertiary/aromatic N) is 2. The van der Waals surface area contributed by atoms with Gasteiger partial charge in [0, 0.05) is 17.5 Å². The summed E-state index contributed by atoms with van der Waals surface area (Å²) < 4.78 is 11.1. The third kappa shape index (κ3) is 3.84. The van der Waals surface area contributed by atoms with E-state index in [2.05, 4.69) is 4.98 Å². The van der Waals surface area contributed by atoms with E-state index in [0.29, 0.717) is 33.5 Å². The minimum atomic E-state index is -0.542. The Bertz CT molecular complexity index is 1230. The fourth-order valence-corrected chi connectivity index (χ4v) is 3.03. The number of carbonyl (C=O) groups excluding carboxylic acids is 1. The zero-order valence-electron chi connectivity index (χ0n) is 15.5. The molecule has 0 amide bonds. The number of nitro benzene ring substituents is 1. The molecule has 144 valence electrons. The molecule has 0 unspecified atom stereocenters. The van der Waals surface area contributed by atoms with E-state index in [-0.39, 0.29) is 12.3 Å². The van der Waals surface area contributed by atoms with Crippen LogP contribution in [0.4, 0.5) is 5.69 Å². The van der Waals surface area contributed by atoms with Crippen molar-refractivity contribution >= 4 is 22.6 Å². The smallest absolute Gasteiger partial charge is 0.339 e. The monoisotopic (exact) mass is 388 g/mol. The number of hydrogen-bond donors (Lipinski definition) is 0. The number of ether oxygens (including phenoxy) is 1. The summed E-state index contributed by atoms with van der Waals surface area (Å²) in [5.41, 5.74) is 2.00. The van der Waals surface area contributed by atoms with E-state index in [1.54, 1.807) is 30.3 Å². The molecule has 2 aromatic heterocycles. The highest BCUT2D eigenvalue weighted by atomic mass is 16.6. The Labute approximate surface area is 165 Å². The summed E-state index contributed by atoms with van der Waals surface area (Å²) >= 11 is 0. The average Bonchev–Trinajstić information content (AvgIpc) is 3.17. The van der Waals surface area contributed by atoms with Crippen LogP contribution in [0.15, 0.2) is 71.1 Å². The van der Waals surface area contributed by atoms with E-state index < -0.39 is 10.9 Å². The minimum Gasteiger partial charge on any atom is -0.460 e. The highest BCUT2D eigenvalue weighted by Gasteiger charge is 2.17. The fourth-order valence-electron chi connectivity index (χ4n) is 3.03. The van der Waals surface area contributed by atoms with E-state index >= 15 is 0 Å². The Morgan fingerprint density at radius 3 is 2.69 bits per heavy atom. The summed E-state index contributed by atoms with van der Waals surface area (Å²) in [4.78, 5) is 27.8. The van der Waals surface area contributed by atoms with Crippen molar-refractivity contribution in [3.63, 3.8) is 0 Å². The summed E-state index contributed by atoms with van der Waals surface area (Å²) in [7, 11) is 0. The second-order valence-electron chi connectivity index (χ2n) is 6.49. The first-order valence-electron chi connectivity index (χ1n) is 8.88. The molecule has 0 spiro atoms. The Balaban J connectivity index is 1.66. The van der Waals surface area contributed by atoms with Gasteiger partial charge in [-0.2, -0.15) is 0 Å². The number of nitro groups is 1. The number of carbonyl (C=O) groups is 1. The third-order valence-electron chi connectivity index (χ3n) is 4.42. The zero-order valence-corrected chi connectivity index (χ0v) is 15.5. The van der Waals surface area contributed by atoms with Gasteiger partial charge in [0.2, 0.25) is 0 Å². The molecule has 0 radical (unpaired) electrons. The highest BCUT2D eigenvalue weighted by molar-refractivity contribution is 6.04. The van der Waals surface area contributed by atoms with E-state index in [1.807, 2.05) is 31.2 Å². The molecule has 4 rings (SSSR count). The molecule has 0 fully saturated rings. The molecule has 0 bridgehead atoms. The lowest BCUT2D eigenvalue weighted by Gasteiger charge is -2.09. The number of non-ortho nitro benzene ring substituents is 1. The largest absolute Gasteiger partial charge is 0.460 e. The molecule has 2 heterocycles. The van der Waals surface area contributed by atoms with Crippen LogP contribution in [0.3, 0.4) is 0 Å². The summed E-state index contributed by atoms with van der Waals surface area (Å²) in [6.45, 7) is 1.76. The molecular weight excluding hydrogens is 372 g/mol. The van der Waals surface area contributed by atoms with Gasteiger partial charge in [0.15, 0.2) is 5.76 Å². The number of para-hydroxylation sites is 1. The number of aromatic nitrogens is 1. The van der Waals surface area contributed by atoms with Crippen LogP contribution in [-0.2, 0) is 11.3 Å². The van der Waals surface area contributed by atoms with Crippen LogP contribution in [0.1, 0.15) is 21.7 Å². The molecule has 7 heteroatoms. The van der Waals surface area contributed by atoms with Crippen LogP contribution in [0.5, 0.6) is 0 Å². The van der Waals surface area contributed by atoms with Gasteiger partial charge in [-0.15, -0.1) is 0 Å². The van der Waals surface area contributed by atoms with Crippen molar-refractivity contribution in [3.05, 3.63) is 93.7 Å². The zero-order chi connectivity index (χ0) is 20.4. The van der Waals surface area contributed by atoms with Crippen LogP contribution in [0.2, 0.25) is 0 Å². The standard InChI is InChI=1S/C22H16N2O5/c1-14-9-10-21(29-14)20-12-18(17-7-2-3-8-19(17)23-20)22(25)28-13-15-5-4-6-16(11-15)24(26)27/h2-12H,13H2,1H3. The number of fused-ring (bicyclic) bond motifs is 1. The SMILES string of the molecule is Cc1ccc(-c2cc(C(=O)OCc3cccc([N+](=O)[O-])c3)c3ccccc3n2)o1. The second-order valence-corrected chi connectivity index (χ2v) is 6.49. The lowest BCUT2D eigenvalue weighted by Crippen LogP contribution is -2.07. The molecule has 0 aliphatic carbocycles. The summed E-state index contributed by atoms with van der Waals surface area (Å²) in [6, 6.07) is 18.5. The molecule has 0 atom stereocenters. The Morgan fingerprint density at radius 1 is 1.10 bits per heavy atom. The van der Waals surface area contributed by atoms with E-state index in [1.165, 1.54) is 12.1 Å². The topological polar surface area (TPSA) is 95.5 Å². The normalized spacial score (nSPS) is 10.8. The van der Waals surface area contributed by atoms with Crippen molar-refractivity contribution in [2.45, 2.75) is 13.5 Å². The van der Waals surface area contributed by atoms with Gasteiger partial charge >= 0.3 is 5.97 Å². The molecule has 0 N–H and O–H groups in total. The first-order chi connectivity index (χ1) is 14.0. The van der Waals surface area contributed by atoms with Crippen LogP contribution in [-0.4, -0.2) is 15.9 Å². The van der Waals surface area contributed by atoms with Gasteiger partial charge in [0.1, 0.15) is 18.1 Å². The van der Waals surface area contributed by atoms with Crippen LogP contribution in [0, 0.1) is 17.0 Å². The molecule has 0 saturated heterocycles. The first-order valence-corrected chi connectivity index (χ1v) is 8.88. The van der Waals surface area contributed by atoms with Crippen molar-refractivity contribution < 1.29 is 18.9 Å². The van der Waals surface area contributed by atoms with Gasteiger partial charge < -0.3 is 9.15 Å². The van der Waals surface area contributed by atoms with Gasteiger partial charge in [-0.1, -0.05) is 30.3 Å². The number of hydrogen-bond acceptors (Lipinski definition) is 6. The molecule has 7 nitrogen and oxygen atoms in total. The van der Waals surface area contributed by atoms with Crippen molar-refractivity contribution in [1.29, 1.82) is 0 Å². The molecule has 0 aliphatic heterocycles. The number of esters is 1. The lowest BCUT2D eigenvalue weighted by molar-refractivity contribution is -0.384. The molecule has 2 aromatic carbocycles. The molecule has 29 heavy (non-hydrogen) atoms. The van der Waals surface area contributed by atoms with Crippen molar-refractivity contribution in [2.75, 3.05) is 0 Å². The summed E-state index contributed by atoms with van der Waals surface area (Å²) in [5.74, 6) is 0.755. The predicted molar refractivity (Wildman–Crippen MR) is 106 cm³/mol. The molecular formula is C22H16N2O5. The van der Waals surface area contributed by atoms with E-state index in [4.69, 9.17) is 9.15 Å². The van der Waals surface area contributed by atoms with Crippen molar-refractivity contribution in [3.8, 4) is 11.5 Å². The Morgan fingerprint density at radius 2 is 1.93 bits per heavy atom. The molecule has 0 aliphatic rings. The molecule has 4 aromatic rings. The maximum absolute atomic E-state index is 12.8. The first kappa shape index (κ1) is 18.4. The Hall–Kier alpha value is -4.00. The number of rotatable bonds is 5. The predicted octanol–water partition coefficient (Wildman–Crippen LogP) is 5.07. The quantitative estimate of drug-likeness (QED) is 0.269. The maximum Gasteiger partial charge on any atom is 0.339 e. The minimum absolute atomic E-state index is 0.0524. The molecule has 0 saturated carbocycles. The highest BCUT2D eigenvalue weighted by Crippen LogP contribution is 2.27. The number of furan rings is 1.